The van der Waals surface area contributed by atoms with E-state index in [1.807, 2.05) is 6.92 Å². The van der Waals surface area contributed by atoms with Gasteiger partial charge < -0.3 is 14.8 Å². The number of benzene rings is 1. The van der Waals surface area contributed by atoms with Gasteiger partial charge in [-0.3, -0.25) is 4.79 Å². The molecule has 1 aromatic carbocycles. The number of rotatable bonds is 4. The van der Waals surface area contributed by atoms with Crippen LogP contribution in [0.25, 0.3) is 0 Å². The first-order chi connectivity index (χ1) is 11.1. The molecule has 0 unspecified atom stereocenters. The number of hydrogen-bond donors (Lipinski definition) is 1. The van der Waals surface area contributed by atoms with Crippen molar-refractivity contribution in [2.24, 2.45) is 0 Å². The summed E-state index contributed by atoms with van der Waals surface area (Å²) in [5.41, 5.74) is 0.785. The molecule has 4 nitrogen and oxygen atoms in total. The summed E-state index contributed by atoms with van der Waals surface area (Å²) in [5.74, 6) is -0.140. The number of carbonyl (C=O) groups is 1. The van der Waals surface area contributed by atoms with Crippen LogP contribution in [0.2, 0.25) is 0 Å². The van der Waals surface area contributed by atoms with Crippen molar-refractivity contribution in [2.75, 3.05) is 19.8 Å². The van der Waals surface area contributed by atoms with Gasteiger partial charge in [0, 0.05) is 32.1 Å². The first-order valence-corrected chi connectivity index (χ1v) is 8.33. The van der Waals surface area contributed by atoms with Crippen LogP contribution in [0, 0.1) is 5.82 Å². The molecule has 23 heavy (non-hydrogen) atoms. The molecule has 1 spiro atoms. The van der Waals surface area contributed by atoms with Gasteiger partial charge in [0.25, 0.3) is 0 Å². The Labute approximate surface area is 136 Å². The maximum Gasteiger partial charge on any atom is 0.220 e. The minimum absolute atomic E-state index is 0.0443. The lowest BCUT2D eigenvalue weighted by atomic mass is 9.89. The van der Waals surface area contributed by atoms with Gasteiger partial charge in [-0.25, -0.2) is 4.39 Å². The number of hydrogen-bond acceptors (Lipinski definition) is 3. The van der Waals surface area contributed by atoms with Gasteiger partial charge in [0.1, 0.15) is 5.82 Å². The van der Waals surface area contributed by atoms with E-state index >= 15 is 0 Å². The molecule has 5 heteroatoms. The summed E-state index contributed by atoms with van der Waals surface area (Å²) in [5, 5.41) is 3.13. The zero-order chi connectivity index (χ0) is 16.3. The molecule has 2 aliphatic heterocycles. The predicted molar refractivity (Wildman–Crippen MR) is 84.7 cm³/mol. The molecule has 0 bridgehead atoms. The first-order valence-electron chi connectivity index (χ1n) is 8.33. The molecular weight excluding hydrogens is 297 g/mol. The Balaban J connectivity index is 1.51. The van der Waals surface area contributed by atoms with Crippen molar-refractivity contribution < 1.29 is 18.7 Å². The van der Waals surface area contributed by atoms with Gasteiger partial charge in [0.15, 0.2) is 0 Å². The van der Waals surface area contributed by atoms with Crippen LogP contribution in [-0.4, -0.2) is 37.4 Å². The van der Waals surface area contributed by atoms with Gasteiger partial charge >= 0.3 is 0 Å². The van der Waals surface area contributed by atoms with Crippen molar-refractivity contribution in [3.05, 3.63) is 35.6 Å². The van der Waals surface area contributed by atoms with E-state index in [0.717, 1.165) is 31.4 Å². The van der Waals surface area contributed by atoms with Gasteiger partial charge in [-0.15, -0.1) is 0 Å². The maximum absolute atomic E-state index is 13.0. The summed E-state index contributed by atoms with van der Waals surface area (Å²) in [6.45, 7) is 4.03. The molecule has 126 valence electrons. The number of ether oxygens (including phenoxy) is 2. The van der Waals surface area contributed by atoms with Crippen molar-refractivity contribution in [1.82, 2.24) is 5.32 Å². The minimum atomic E-state index is -0.253. The molecule has 1 N–H and O–H groups in total. The molecule has 3 rings (SSSR count). The highest BCUT2D eigenvalue weighted by Gasteiger charge is 2.41. The smallest absolute Gasteiger partial charge is 0.220 e. The largest absolute Gasteiger partial charge is 0.378 e. The third-order valence-corrected chi connectivity index (χ3v) is 4.86. The van der Waals surface area contributed by atoms with E-state index in [4.69, 9.17) is 9.47 Å². The van der Waals surface area contributed by atoms with Crippen molar-refractivity contribution in [3.8, 4) is 0 Å². The van der Waals surface area contributed by atoms with Crippen molar-refractivity contribution in [2.45, 2.75) is 50.2 Å². The molecule has 2 fully saturated rings. The summed E-state index contributed by atoms with van der Waals surface area (Å²) in [6.07, 6.45) is 2.99. The van der Waals surface area contributed by atoms with Gasteiger partial charge in [0.2, 0.25) is 5.91 Å². The molecule has 0 saturated carbocycles. The Bertz CT molecular complexity index is 540. The van der Waals surface area contributed by atoms with E-state index in [0.29, 0.717) is 19.6 Å². The van der Waals surface area contributed by atoms with Crippen LogP contribution in [0.1, 0.15) is 44.1 Å². The minimum Gasteiger partial charge on any atom is -0.378 e. The third-order valence-electron chi connectivity index (χ3n) is 4.86. The van der Waals surface area contributed by atoms with E-state index < -0.39 is 0 Å². The summed E-state index contributed by atoms with van der Waals surface area (Å²) >= 11 is 0. The number of amides is 1. The highest BCUT2D eigenvalue weighted by Crippen LogP contribution is 2.33. The quantitative estimate of drug-likeness (QED) is 0.927. The van der Waals surface area contributed by atoms with E-state index in [-0.39, 0.29) is 29.3 Å². The molecular formula is C18H24FNO3. The van der Waals surface area contributed by atoms with Gasteiger partial charge in [-0.2, -0.15) is 0 Å². The molecule has 1 aromatic rings. The van der Waals surface area contributed by atoms with Crippen LogP contribution < -0.4 is 5.32 Å². The SMILES string of the molecule is C[C@H](CC(=O)N[C@@H]1CCO[C@@]2(CCOC2)C1)c1ccc(F)cc1. The molecule has 0 aliphatic carbocycles. The normalized spacial score (nSPS) is 28.7. The van der Waals surface area contributed by atoms with Gasteiger partial charge in [-0.1, -0.05) is 19.1 Å². The third kappa shape index (κ3) is 4.09. The zero-order valence-corrected chi connectivity index (χ0v) is 13.5. The summed E-state index contributed by atoms with van der Waals surface area (Å²) in [6, 6.07) is 6.51. The number of nitrogens with one attached hydrogen (secondary N) is 1. The summed E-state index contributed by atoms with van der Waals surface area (Å²) in [4.78, 5) is 12.3. The van der Waals surface area contributed by atoms with Crippen molar-refractivity contribution >= 4 is 5.91 Å². The second kappa shape index (κ2) is 6.97. The lowest BCUT2D eigenvalue weighted by molar-refractivity contribution is -0.125. The molecule has 2 heterocycles. The molecule has 1 amide bonds. The average molecular weight is 321 g/mol. The van der Waals surface area contributed by atoms with Crippen LogP contribution in [0.5, 0.6) is 0 Å². The first kappa shape index (κ1) is 16.4. The summed E-state index contributed by atoms with van der Waals surface area (Å²) < 4.78 is 24.3. The molecule has 0 radical (unpaired) electrons. The standard InChI is InChI=1S/C18H24FNO3/c1-13(14-2-4-15(19)5-3-14)10-17(21)20-16-6-8-23-18(11-16)7-9-22-12-18/h2-5,13,16H,6-12H2,1H3,(H,20,21)/t13-,16-,18+/m1/s1. The van der Waals surface area contributed by atoms with Crippen molar-refractivity contribution in [3.63, 3.8) is 0 Å². The Morgan fingerprint density at radius 2 is 2.17 bits per heavy atom. The predicted octanol–water partition coefficient (Wildman–Crippen LogP) is 2.77. The van der Waals surface area contributed by atoms with Crippen molar-refractivity contribution in [1.29, 1.82) is 0 Å². The molecule has 3 atom stereocenters. The maximum atomic E-state index is 13.0. The fourth-order valence-electron chi connectivity index (χ4n) is 3.49. The molecule has 2 aliphatic rings. The Kier molecular flexibility index (Phi) is 4.97. The number of carbonyl (C=O) groups excluding carboxylic acids is 1. The fraction of sp³-hybridized carbons (Fsp3) is 0.611. The second-order valence-corrected chi connectivity index (χ2v) is 6.75. The van der Waals surface area contributed by atoms with Crippen LogP contribution in [0.3, 0.4) is 0 Å². The average Bonchev–Trinajstić information content (AvgIpc) is 2.95. The number of halogens is 1. The second-order valence-electron chi connectivity index (χ2n) is 6.75. The highest BCUT2D eigenvalue weighted by molar-refractivity contribution is 5.77. The lowest BCUT2D eigenvalue weighted by Gasteiger charge is -2.37. The Morgan fingerprint density at radius 3 is 2.87 bits per heavy atom. The van der Waals surface area contributed by atoms with Crippen LogP contribution in [0.4, 0.5) is 4.39 Å². The van der Waals surface area contributed by atoms with Gasteiger partial charge in [0.05, 0.1) is 12.2 Å². The monoisotopic (exact) mass is 321 g/mol. The Hall–Kier alpha value is -1.46. The lowest BCUT2D eigenvalue weighted by Crippen LogP contribution is -2.49. The highest BCUT2D eigenvalue weighted by atomic mass is 19.1. The van der Waals surface area contributed by atoms with Crippen LogP contribution in [0.15, 0.2) is 24.3 Å². The van der Waals surface area contributed by atoms with E-state index in [9.17, 15) is 9.18 Å². The fourth-order valence-corrected chi connectivity index (χ4v) is 3.49. The Morgan fingerprint density at radius 1 is 1.39 bits per heavy atom. The molecule has 2 saturated heterocycles. The van der Waals surface area contributed by atoms with Crippen LogP contribution >= 0.6 is 0 Å². The summed E-state index contributed by atoms with van der Waals surface area (Å²) in [7, 11) is 0. The van der Waals surface area contributed by atoms with Crippen LogP contribution in [-0.2, 0) is 14.3 Å². The zero-order valence-electron chi connectivity index (χ0n) is 13.5. The van der Waals surface area contributed by atoms with Gasteiger partial charge in [-0.05, 0) is 36.5 Å². The topological polar surface area (TPSA) is 47.6 Å². The van der Waals surface area contributed by atoms with E-state index in [2.05, 4.69) is 5.32 Å². The van der Waals surface area contributed by atoms with E-state index in [1.54, 1.807) is 12.1 Å². The molecule has 0 aromatic heterocycles. The van der Waals surface area contributed by atoms with E-state index in [1.165, 1.54) is 12.1 Å².